The molecule has 2 aliphatic heterocycles. The number of piperazine rings is 1. The van der Waals surface area contributed by atoms with Crippen molar-refractivity contribution in [3.63, 3.8) is 0 Å². The second kappa shape index (κ2) is 8.56. The first-order valence-corrected chi connectivity index (χ1v) is 10.9. The number of ether oxygens (including phenoxy) is 1. The van der Waals surface area contributed by atoms with E-state index in [4.69, 9.17) is 9.15 Å². The SMILES string of the molecule is CC(C(=O)NN1CCN(c2nc3cccc(F)c3o2)C(F)C1)(c1ccccc1)C1CNC(=O)O1. The van der Waals surface area contributed by atoms with Gasteiger partial charge in [-0.15, -0.1) is 0 Å². The number of aromatic nitrogens is 1. The van der Waals surface area contributed by atoms with Gasteiger partial charge in [-0.3, -0.25) is 15.1 Å². The number of benzene rings is 2. The number of halogens is 2. The summed E-state index contributed by atoms with van der Waals surface area (Å²) in [6.07, 6.45) is -2.88. The van der Waals surface area contributed by atoms with Crippen LogP contribution in [-0.4, -0.2) is 60.6 Å². The summed E-state index contributed by atoms with van der Waals surface area (Å²) in [5.74, 6) is -0.996. The van der Waals surface area contributed by atoms with E-state index >= 15 is 4.39 Å². The van der Waals surface area contributed by atoms with Crippen molar-refractivity contribution in [1.29, 1.82) is 0 Å². The first-order chi connectivity index (χ1) is 16.4. The van der Waals surface area contributed by atoms with Crippen molar-refractivity contribution < 1.29 is 27.5 Å². The molecule has 2 aliphatic rings. The molecule has 2 fully saturated rings. The van der Waals surface area contributed by atoms with Gasteiger partial charge < -0.3 is 14.5 Å². The largest absolute Gasteiger partial charge is 0.443 e. The van der Waals surface area contributed by atoms with Crippen molar-refractivity contribution in [2.75, 3.05) is 31.1 Å². The molecule has 11 heteroatoms. The number of alkyl carbamates (subject to hydrolysis) is 1. The highest BCUT2D eigenvalue weighted by atomic mass is 19.1. The average Bonchev–Trinajstić information content (AvgIpc) is 3.46. The van der Waals surface area contributed by atoms with Gasteiger partial charge in [0.05, 0.1) is 13.1 Å². The molecule has 0 saturated carbocycles. The van der Waals surface area contributed by atoms with E-state index in [2.05, 4.69) is 15.7 Å². The number of carbonyl (C=O) groups is 2. The number of alkyl halides is 1. The summed E-state index contributed by atoms with van der Waals surface area (Å²) < 4.78 is 39.8. The summed E-state index contributed by atoms with van der Waals surface area (Å²) in [7, 11) is 0. The lowest BCUT2D eigenvalue weighted by Gasteiger charge is -2.39. The fourth-order valence-electron chi connectivity index (χ4n) is 4.30. The Hall–Kier alpha value is -3.73. The van der Waals surface area contributed by atoms with Gasteiger partial charge in [-0.1, -0.05) is 36.4 Å². The highest BCUT2D eigenvalue weighted by molar-refractivity contribution is 5.89. The van der Waals surface area contributed by atoms with Gasteiger partial charge in [0.15, 0.2) is 17.7 Å². The number of amides is 2. The molecule has 1 aromatic heterocycles. The Morgan fingerprint density at radius 2 is 2.00 bits per heavy atom. The predicted octanol–water partition coefficient (Wildman–Crippen LogP) is 2.48. The summed E-state index contributed by atoms with van der Waals surface area (Å²) in [5, 5.41) is 4.05. The van der Waals surface area contributed by atoms with Crippen molar-refractivity contribution in [2.24, 2.45) is 0 Å². The molecule has 0 bridgehead atoms. The van der Waals surface area contributed by atoms with Crippen molar-refractivity contribution in [1.82, 2.24) is 20.7 Å². The molecule has 2 N–H and O–H groups in total. The quantitative estimate of drug-likeness (QED) is 0.552. The average molecular weight is 471 g/mol. The van der Waals surface area contributed by atoms with E-state index in [0.29, 0.717) is 11.1 Å². The lowest BCUT2D eigenvalue weighted by atomic mass is 9.76. The minimum atomic E-state index is -1.56. The topological polar surface area (TPSA) is 99.9 Å². The van der Waals surface area contributed by atoms with Crippen LogP contribution in [0.15, 0.2) is 52.9 Å². The molecule has 34 heavy (non-hydrogen) atoms. The van der Waals surface area contributed by atoms with E-state index < -0.39 is 35.6 Å². The van der Waals surface area contributed by atoms with Crippen molar-refractivity contribution in [3.05, 3.63) is 59.9 Å². The zero-order valence-corrected chi connectivity index (χ0v) is 18.3. The van der Waals surface area contributed by atoms with E-state index in [-0.39, 0.29) is 37.8 Å². The van der Waals surface area contributed by atoms with Crippen LogP contribution < -0.4 is 15.6 Å². The maximum atomic E-state index is 15.1. The number of nitrogens with one attached hydrogen (secondary N) is 2. The summed E-state index contributed by atoms with van der Waals surface area (Å²) in [6, 6.07) is 13.3. The molecule has 0 radical (unpaired) electrons. The minimum Gasteiger partial charge on any atom is -0.443 e. The van der Waals surface area contributed by atoms with E-state index in [1.165, 1.54) is 22.0 Å². The Morgan fingerprint density at radius 1 is 1.21 bits per heavy atom. The number of hydrazine groups is 1. The first-order valence-electron chi connectivity index (χ1n) is 10.9. The molecule has 0 aliphatic carbocycles. The van der Waals surface area contributed by atoms with E-state index in [0.717, 1.165) is 0 Å². The molecule has 9 nitrogen and oxygen atoms in total. The number of carbonyl (C=O) groups excluding carboxylic acids is 2. The summed E-state index contributed by atoms with van der Waals surface area (Å²) in [4.78, 5) is 30.6. The number of anilines is 1. The molecule has 3 unspecified atom stereocenters. The number of hydrogen-bond donors (Lipinski definition) is 2. The number of fused-ring (bicyclic) bond motifs is 1. The summed E-state index contributed by atoms with van der Waals surface area (Å²) >= 11 is 0. The Bertz CT molecular complexity index is 1220. The molecule has 0 spiro atoms. The highest BCUT2D eigenvalue weighted by Crippen LogP contribution is 2.32. The first kappa shape index (κ1) is 22.1. The van der Waals surface area contributed by atoms with Crippen molar-refractivity contribution >= 4 is 29.1 Å². The molecule has 2 saturated heterocycles. The molecule has 2 aromatic carbocycles. The van der Waals surface area contributed by atoms with Gasteiger partial charge in [0.1, 0.15) is 17.0 Å². The maximum absolute atomic E-state index is 15.1. The van der Waals surface area contributed by atoms with E-state index in [9.17, 15) is 14.0 Å². The number of para-hydroxylation sites is 1. The van der Waals surface area contributed by atoms with Gasteiger partial charge >= 0.3 is 12.1 Å². The molecule has 2 amide bonds. The van der Waals surface area contributed by atoms with Crippen LogP contribution in [0.2, 0.25) is 0 Å². The standard InChI is InChI=1S/C23H23F2N5O4/c1-23(14-6-3-2-4-7-14,17-12-26-22(32)33-17)20(31)28-29-10-11-30(18(25)13-29)21-27-16-9-5-8-15(24)19(16)34-21/h2-9,17-18H,10-13H2,1H3,(H,26,32)(H,28,31). The third-order valence-corrected chi connectivity index (χ3v) is 6.35. The molecular formula is C23H23F2N5O4. The summed E-state index contributed by atoms with van der Waals surface area (Å²) in [6.45, 7) is 2.11. The number of nitrogens with zero attached hydrogens (tertiary/aromatic N) is 3. The van der Waals surface area contributed by atoms with Gasteiger partial charge in [-0.2, -0.15) is 4.98 Å². The smallest absolute Gasteiger partial charge is 0.407 e. The summed E-state index contributed by atoms with van der Waals surface area (Å²) in [5.41, 5.74) is 2.52. The third-order valence-electron chi connectivity index (χ3n) is 6.35. The van der Waals surface area contributed by atoms with Crippen LogP contribution >= 0.6 is 0 Å². The molecule has 3 aromatic rings. The van der Waals surface area contributed by atoms with Gasteiger partial charge in [-0.05, 0) is 24.6 Å². The molecular weight excluding hydrogens is 448 g/mol. The zero-order chi connectivity index (χ0) is 23.9. The van der Waals surface area contributed by atoms with Crippen LogP contribution in [0, 0.1) is 5.82 Å². The Kier molecular flexibility index (Phi) is 5.56. The zero-order valence-electron chi connectivity index (χ0n) is 18.3. The predicted molar refractivity (Wildman–Crippen MR) is 118 cm³/mol. The highest BCUT2D eigenvalue weighted by Gasteiger charge is 2.48. The van der Waals surface area contributed by atoms with Crippen molar-refractivity contribution in [3.8, 4) is 0 Å². The number of hydrogen-bond acceptors (Lipinski definition) is 7. The Balaban J connectivity index is 1.31. The fraction of sp³-hybridized carbons (Fsp3) is 0.348. The third kappa shape index (κ3) is 3.81. The van der Waals surface area contributed by atoms with Gasteiger partial charge in [0, 0.05) is 13.1 Å². The fourth-order valence-corrected chi connectivity index (χ4v) is 4.30. The second-order valence-electron chi connectivity index (χ2n) is 8.44. The van der Waals surface area contributed by atoms with Crippen LogP contribution in [0.1, 0.15) is 12.5 Å². The van der Waals surface area contributed by atoms with Gasteiger partial charge in [0.2, 0.25) is 5.91 Å². The van der Waals surface area contributed by atoms with E-state index in [1.54, 1.807) is 37.3 Å². The van der Waals surface area contributed by atoms with Crippen LogP contribution in [0.25, 0.3) is 11.1 Å². The van der Waals surface area contributed by atoms with E-state index in [1.807, 2.05) is 6.07 Å². The molecule has 178 valence electrons. The number of cyclic esters (lactones) is 1. The lowest BCUT2D eigenvalue weighted by molar-refractivity contribution is -0.135. The normalized spacial score (nSPS) is 22.8. The second-order valence-corrected chi connectivity index (χ2v) is 8.44. The van der Waals surface area contributed by atoms with Crippen LogP contribution in [-0.2, 0) is 14.9 Å². The Morgan fingerprint density at radius 3 is 2.68 bits per heavy atom. The molecule has 3 heterocycles. The monoisotopic (exact) mass is 471 g/mol. The van der Waals surface area contributed by atoms with Crippen molar-refractivity contribution in [2.45, 2.75) is 24.7 Å². The van der Waals surface area contributed by atoms with Crippen LogP contribution in [0.4, 0.5) is 19.6 Å². The lowest BCUT2D eigenvalue weighted by Crippen LogP contribution is -2.61. The van der Waals surface area contributed by atoms with Gasteiger partial charge in [-0.25, -0.2) is 18.6 Å². The number of rotatable bonds is 5. The minimum absolute atomic E-state index is 0.0170. The van der Waals surface area contributed by atoms with Crippen LogP contribution in [0.5, 0.6) is 0 Å². The van der Waals surface area contributed by atoms with Crippen LogP contribution in [0.3, 0.4) is 0 Å². The molecule has 3 atom stereocenters. The number of oxazole rings is 1. The molecule has 5 rings (SSSR count). The Labute approximate surface area is 193 Å². The van der Waals surface area contributed by atoms with Gasteiger partial charge in [0.25, 0.3) is 0 Å². The maximum Gasteiger partial charge on any atom is 0.407 e.